The molecule has 0 bridgehead atoms. The molecule has 9 nitrogen and oxygen atoms in total. The van der Waals surface area contributed by atoms with Gasteiger partial charge in [0.15, 0.2) is 0 Å². The molecule has 150 valence electrons. The number of nitrogen functional groups attached to an aromatic ring is 1. The summed E-state index contributed by atoms with van der Waals surface area (Å²) in [4.78, 5) is 2.18. The van der Waals surface area contributed by atoms with Gasteiger partial charge in [-0.25, -0.2) is 24.6 Å². The molecule has 1 heterocycles. The van der Waals surface area contributed by atoms with Crippen molar-refractivity contribution in [2.24, 2.45) is 10.9 Å². The van der Waals surface area contributed by atoms with Crippen LogP contribution in [0.5, 0.6) is 0 Å². The van der Waals surface area contributed by atoms with E-state index in [4.69, 9.17) is 32.1 Å². The third kappa shape index (κ3) is 5.20. The van der Waals surface area contributed by atoms with Gasteiger partial charge < -0.3 is 10.5 Å². The van der Waals surface area contributed by atoms with E-state index in [1.54, 1.807) is 12.1 Å². The molecule has 0 amide bonds. The van der Waals surface area contributed by atoms with Crippen molar-refractivity contribution in [2.75, 3.05) is 26.3 Å². The average molecular weight is 404 g/mol. The number of morpholine rings is 1. The van der Waals surface area contributed by atoms with Crippen molar-refractivity contribution in [1.29, 1.82) is 16.5 Å². The zero-order chi connectivity index (χ0) is 20.7. The molecule has 28 heavy (non-hydrogen) atoms. The molecule has 0 spiro atoms. The summed E-state index contributed by atoms with van der Waals surface area (Å²) in [6.07, 6.45) is 0. The van der Waals surface area contributed by atoms with Gasteiger partial charge in [-0.05, 0) is 22.8 Å². The van der Waals surface area contributed by atoms with E-state index < -0.39 is 10.0 Å². The van der Waals surface area contributed by atoms with Crippen LogP contribution in [0, 0.1) is 16.5 Å². The van der Waals surface area contributed by atoms with Crippen molar-refractivity contribution in [3.05, 3.63) is 53.6 Å². The number of nitrogens with one attached hydrogen (secondary N) is 3. The first-order valence-electron chi connectivity index (χ1n) is 8.51. The standard InChI is InChI=1S/C18H22N4O3S.H2N2/c19-18(20)17-15(2-1-3-16(17)26(21,23)24)14-6-4-13(5-7-14)12-22-8-10-25-11-9-22;1-2/h1-7H,8-12H2,(H3,19,20)(H2,21,23,24);1-2H. The highest BCUT2D eigenvalue weighted by atomic mass is 32.2. The molecule has 2 aromatic carbocycles. The smallest absolute Gasteiger partial charge is 0.238 e. The highest BCUT2D eigenvalue weighted by Gasteiger charge is 2.20. The van der Waals surface area contributed by atoms with Crippen LogP contribution < -0.4 is 10.9 Å². The third-order valence-corrected chi connectivity index (χ3v) is 5.33. The van der Waals surface area contributed by atoms with Crippen molar-refractivity contribution < 1.29 is 13.2 Å². The Bertz CT molecular complexity index is 925. The Kier molecular flexibility index (Phi) is 7.35. The molecule has 0 radical (unpaired) electrons. The summed E-state index contributed by atoms with van der Waals surface area (Å²) in [6, 6.07) is 12.5. The predicted molar refractivity (Wildman–Crippen MR) is 106 cm³/mol. The van der Waals surface area contributed by atoms with Crippen LogP contribution in [0.2, 0.25) is 0 Å². The van der Waals surface area contributed by atoms with Crippen LogP contribution >= 0.6 is 0 Å². The van der Waals surface area contributed by atoms with Crippen molar-refractivity contribution >= 4 is 15.9 Å². The van der Waals surface area contributed by atoms with Crippen molar-refractivity contribution in [3.8, 4) is 11.1 Å². The molecule has 7 N–H and O–H groups in total. The Morgan fingerprint density at radius 1 is 1.07 bits per heavy atom. The monoisotopic (exact) mass is 404 g/mol. The lowest BCUT2D eigenvalue weighted by Crippen LogP contribution is -2.35. The molecular formula is C18H24N6O3S. The van der Waals surface area contributed by atoms with Gasteiger partial charge in [0.05, 0.1) is 18.1 Å². The first kappa shape index (κ1) is 21.6. The lowest BCUT2D eigenvalue weighted by atomic mass is 9.98. The zero-order valence-corrected chi connectivity index (χ0v) is 16.1. The minimum Gasteiger partial charge on any atom is -0.384 e. The van der Waals surface area contributed by atoms with Crippen molar-refractivity contribution in [2.45, 2.75) is 11.4 Å². The number of amidine groups is 1. The summed E-state index contributed by atoms with van der Waals surface area (Å²) < 4.78 is 29.0. The second-order valence-corrected chi connectivity index (χ2v) is 7.75. The first-order valence-corrected chi connectivity index (χ1v) is 10.1. The number of sulfonamides is 1. The molecule has 0 unspecified atom stereocenters. The minimum atomic E-state index is -3.98. The molecular weight excluding hydrogens is 380 g/mol. The maximum Gasteiger partial charge on any atom is 0.238 e. The summed E-state index contributed by atoms with van der Waals surface area (Å²) in [5, 5.41) is 13.1. The van der Waals surface area contributed by atoms with E-state index in [-0.39, 0.29) is 16.3 Å². The molecule has 3 rings (SSSR count). The Labute approximate surface area is 164 Å². The van der Waals surface area contributed by atoms with E-state index in [9.17, 15) is 8.42 Å². The van der Waals surface area contributed by atoms with E-state index in [1.807, 2.05) is 24.3 Å². The SMILES string of the molecule is N=C(N)c1c(-c2ccc(CN3CCOCC3)cc2)cccc1S(N)(=O)=O.N=N. The molecule has 0 saturated carbocycles. The maximum absolute atomic E-state index is 11.8. The quantitative estimate of drug-likeness (QED) is 0.290. The number of nitrogens with zero attached hydrogens (tertiary/aromatic N) is 1. The van der Waals surface area contributed by atoms with Gasteiger partial charge in [0, 0.05) is 25.2 Å². The van der Waals surface area contributed by atoms with E-state index in [0.29, 0.717) is 5.56 Å². The van der Waals surface area contributed by atoms with Gasteiger partial charge in [-0.2, -0.15) is 0 Å². The van der Waals surface area contributed by atoms with Gasteiger partial charge >= 0.3 is 0 Å². The van der Waals surface area contributed by atoms with Gasteiger partial charge in [0.2, 0.25) is 10.0 Å². The van der Waals surface area contributed by atoms with Crippen LogP contribution in [-0.4, -0.2) is 45.5 Å². The summed E-state index contributed by atoms with van der Waals surface area (Å²) >= 11 is 0. The van der Waals surface area contributed by atoms with Crippen LogP contribution in [0.4, 0.5) is 0 Å². The second-order valence-electron chi connectivity index (χ2n) is 6.22. The fourth-order valence-corrected chi connectivity index (χ4v) is 3.87. The topological polar surface area (TPSA) is 170 Å². The number of hydrogen-bond donors (Lipinski definition) is 5. The fourth-order valence-electron chi connectivity index (χ4n) is 3.09. The second kappa shape index (κ2) is 9.51. The van der Waals surface area contributed by atoms with Crippen LogP contribution in [-0.2, 0) is 21.3 Å². The lowest BCUT2D eigenvalue weighted by Gasteiger charge is -2.26. The summed E-state index contributed by atoms with van der Waals surface area (Å²) in [5.74, 6) is -0.331. The van der Waals surface area contributed by atoms with E-state index in [1.165, 1.54) is 6.07 Å². The first-order chi connectivity index (χ1) is 13.4. The van der Waals surface area contributed by atoms with E-state index in [0.717, 1.165) is 44.0 Å². The highest BCUT2D eigenvalue weighted by Crippen LogP contribution is 2.28. The maximum atomic E-state index is 11.8. The Balaban J connectivity index is 0.00000136. The zero-order valence-electron chi connectivity index (χ0n) is 15.3. The molecule has 2 aromatic rings. The third-order valence-electron chi connectivity index (χ3n) is 4.38. The van der Waals surface area contributed by atoms with Crippen LogP contribution in [0.1, 0.15) is 11.1 Å². The average Bonchev–Trinajstić information content (AvgIpc) is 2.69. The fraction of sp³-hybridized carbons (Fsp3) is 0.278. The molecule has 1 saturated heterocycles. The summed E-state index contributed by atoms with van der Waals surface area (Å²) in [5.41, 5.74) is 18.3. The summed E-state index contributed by atoms with van der Waals surface area (Å²) in [6.45, 7) is 4.15. The summed E-state index contributed by atoms with van der Waals surface area (Å²) in [7, 11) is -3.98. The van der Waals surface area contributed by atoms with Gasteiger partial charge in [-0.1, -0.05) is 36.4 Å². The van der Waals surface area contributed by atoms with Crippen LogP contribution in [0.3, 0.4) is 0 Å². The lowest BCUT2D eigenvalue weighted by molar-refractivity contribution is 0.0342. The minimum absolute atomic E-state index is 0.135. The number of benzene rings is 2. The number of hydrogen-bond acceptors (Lipinski definition) is 7. The Morgan fingerprint density at radius 3 is 2.21 bits per heavy atom. The van der Waals surface area contributed by atoms with Crippen molar-refractivity contribution in [1.82, 2.24) is 4.90 Å². The molecule has 1 aliphatic rings. The van der Waals surface area contributed by atoms with Gasteiger partial charge in [0.25, 0.3) is 0 Å². The Morgan fingerprint density at radius 2 is 1.68 bits per heavy atom. The Hall–Kier alpha value is -2.66. The molecule has 10 heteroatoms. The molecule has 0 aromatic heterocycles. The highest BCUT2D eigenvalue weighted by molar-refractivity contribution is 7.89. The molecule has 1 aliphatic heterocycles. The van der Waals surface area contributed by atoms with E-state index >= 15 is 0 Å². The number of nitrogens with two attached hydrogens (primary N) is 2. The number of rotatable bonds is 5. The predicted octanol–water partition coefficient (Wildman–Crippen LogP) is 1.71. The number of ether oxygens (including phenoxy) is 1. The van der Waals surface area contributed by atoms with Crippen LogP contribution in [0.25, 0.3) is 11.1 Å². The molecule has 0 atom stereocenters. The molecule has 0 aliphatic carbocycles. The van der Waals surface area contributed by atoms with Gasteiger partial charge in [-0.3, -0.25) is 10.3 Å². The van der Waals surface area contributed by atoms with Crippen molar-refractivity contribution in [3.63, 3.8) is 0 Å². The van der Waals surface area contributed by atoms with E-state index in [2.05, 4.69) is 4.90 Å². The number of primary sulfonamides is 1. The largest absolute Gasteiger partial charge is 0.384 e. The normalized spacial score (nSPS) is 14.8. The molecule has 1 fully saturated rings. The van der Waals surface area contributed by atoms with Gasteiger partial charge in [-0.15, -0.1) is 0 Å². The van der Waals surface area contributed by atoms with Crippen LogP contribution in [0.15, 0.2) is 47.4 Å². The van der Waals surface area contributed by atoms with Gasteiger partial charge in [0.1, 0.15) is 5.84 Å².